The number of fused-ring (bicyclic) bond motifs is 2. The smallest absolute Gasteiger partial charge is 0.336 e. The number of aryl methyl sites for hydroxylation is 1. The van der Waals surface area contributed by atoms with Crippen molar-refractivity contribution in [3.05, 3.63) is 64.0 Å². The lowest BCUT2D eigenvalue weighted by Gasteiger charge is -2.45. The van der Waals surface area contributed by atoms with Crippen LogP contribution < -0.4 is 5.63 Å². The van der Waals surface area contributed by atoms with Crippen molar-refractivity contribution in [3.8, 4) is 16.9 Å². The zero-order valence-electron chi connectivity index (χ0n) is 19.7. The second-order valence-corrected chi connectivity index (χ2v) is 9.93. The number of hydrogen-bond donors (Lipinski definition) is 1. The summed E-state index contributed by atoms with van der Waals surface area (Å²) in [5.74, 6) is 0.913. The summed E-state index contributed by atoms with van der Waals surface area (Å²) in [7, 11) is 2.16. The Morgan fingerprint density at radius 1 is 1.09 bits per heavy atom. The van der Waals surface area contributed by atoms with Gasteiger partial charge in [0.2, 0.25) is 0 Å². The molecule has 2 fully saturated rings. The molecule has 0 unspecified atom stereocenters. The van der Waals surface area contributed by atoms with Gasteiger partial charge >= 0.3 is 5.63 Å². The largest absolute Gasteiger partial charge is 0.507 e. The standard InChI is InChI=1S/C28H34N2O3/c1-19-27(32)22(18-29(2)17-21-11-8-14-30-13-7-6-12-25(21)30)15-24-23(16-26(31)33-28(19)24)20-9-4-3-5-10-20/h3-5,9-10,15-16,21,25,32H,6-8,11-14,17-18H2,1-2H3/t21-,25+/m0/s1. The van der Waals surface area contributed by atoms with Crippen molar-refractivity contribution >= 4 is 11.0 Å². The van der Waals surface area contributed by atoms with Crippen LogP contribution in [0.15, 0.2) is 51.7 Å². The van der Waals surface area contributed by atoms with Crippen LogP contribution in [-0.2, 0) is 6.54 Å². The summed E-state index contributed by atoms with van der Waals surface area (Å²) in [6.07, 6.45) is 6.58. The summed E-state index contributed by atoms with van der Waals surface area (Å²) in [6, 6.07) is 14.2. The lowest BCUT2D eigenvalue weighted by Crippen LogP contribution is -2.50. The Morgan fingerprint density at radius 2 is 1.88 bits per heavy atom. The zero-order valence-corrected chi connectivity index (χ0v) is 19.7. The van der Waals surface area contributed by atoms with Crippen LogP contribution >= 0.6 is 0 Å². The van der Waals surface area contributed by atoms with Gasteiger partial charge in [0, 0.05) is 41.7 Å². The Bertz CT molecular complexity index is 1190. The Morgan fingerprint density at radius 3 is 2.70 bits per heavy atom. The van der Waals surface area contributed by atoms with Crippen molar-refractivity contribution in [2.75, 3.05) is 26.7 Å². The Labute approximate surface area is 195 Å². The van der Waals surface area contributed by atoms with Gasteiger partial charge in [-0.15, -0.1) is 0 Å². The van der Waals surface area contributed by atoms with Gasteiger partial charge in [-0.25, -0.2) is 4.79 Å². The van der Waals surface area contributed by atoms with Gasteiger partial charge in [-0.3, -0.25) is 0 Å². The normalized spacial score (nSPS) is 21.4. The Hall–Kier alpha value is -2.63. The average molecular weight is 447 g/mol. The fourth-order valence-electron chi connectivity index (χ4n) is 6.04. The van der Waals surface area contributed by atoms with E-state index in [-0.39, 0.29) is 5.75 Å². The summed E-state index contributed by atoms with van der Waals surface area (Å²) in [4.78, 5) is 17.3. The van der Waals surface area contributed by atoms with E-state index >= 15 is 0 Å². The van der Waals surface area contributed by atoms with Crippen LogP contribution in [0.4, 0.5) is 0 Å². The summed E-state index contributed by atoms with van der Waals surface area (Å²) >= 11 is 0. The number of phenols is 1. The maximum atomic E-state index is 12.3. The lowest BCUT2D eigenvalue weighted by molar-refractivity contribution is 0.0434. The van der Waals surface area contributed by atoms with Crippen LogP contribution in [0.3, 0.4) is 0 Å². The molecule has 0 spiro atoms. The predicted molar refractivity (Wildman–Crippen MR) is 133 cm³/mol. The van der Waals surface area contributed by atoms with E-state index in [4.69, 9.17) is 4.42 Å². The molecule has 2 saturated heterocycles. The molecule has 5 heteroatoms. The Balaban J connectivity index is 1.45. The molecule has 0 radical (unpaired) electrons. The first-order chi connectivity index (χ1) is 16.0. The summed E-state index contributed by atoms with van der Waals surface area (Å²) in [5.41, 5.74) is 3.39. The highest BCUT2D eigenvalue weighted by Crippen LogP contribution is 2.36. The van der Waals surface area contributed by atoms with E-state index in [9.17, 15) is 9.90 Å². The van der Waals surface area contributed by atoms with E-state index in [1.807, 2.05) is 43.3 Å². The first-order valence-corrected chi connectivity index (χ1v) is 12.3. The quantitative estimate of drug-likeness (QED) is 0.548. The van der Waals surface area contributed by atoms with Gasteiger partial charge in [0.25, 0.3) is 0 Å². The third-order valence-electron chi connectivity index (χ3n) is 7.62. The summed E-state index contributed by atoms with van der Waals surface area (Å²) in [6.45, 7) is 6.04. The van der Waals surface area contributed by atoms with Gasteiger partial charge in [-0.2, -0.15) is 0 Å². The minimum Gasteiger partial charge on any atom is -0.507 e. The van der Waals surface area contributed by atoms with E-state index in [2.05, 4.69) is 16.8 Å². The lowest BCUT2D eigenvalue weighted by atomic mass is 9.83. The molecule has 174 valence electrons. The molecule has 3 heterocycles. The number of hydrogen-bond acceptors (Lipinski definition) is 5. The molecule has 2 aliphatic rings. The van der Waals surface area contributed by atoms with E-state index in [1.54, 1.807) is 6.07 Å². The van der Waals surface area contributed by atoms with Gasteiger partial charge in [0.15, 0.2) is 0 Å². The molecule has 33 heavy (non-hydrogen) atoms. The second-order valence-electron chi connectivity index (χ2n) is 9.93. The second kappa shape index (κ2) is 9.32. The van der Waals surface area contributed by atoms with Gasteiger partial charge in [0.05, 0.1) is 0 Å². The van der Waals surface area contributed by atoms with Crippen LogP contribution in [0, 0.1) is 12.8 Å². The van der Waals surface area contributed by atoms with Crippen molar-refractivity contribution in [2.24, 2.45) is 5.92 Å². The minimum atomic E-state index is -0.400. The highest BCUT2D eigenvalue weighted by Gasteiger charge is 2.33. The molecule has 5 rings (SSSR count). The first kappa shape index (κ1) is 22.2. The maximum absolute atomic E-state index is 12.3. The average Bonchev–Trinajstić information content (AvgIpc) is 2.83. The molecule has 1 N–H and O–H groups in total. The van der Waals surface area contributed by atoms with Crippen molar-refractivity contribution in [3.63, 3.8) is 0 Å². The molecule has 0 saturated carbocycles. The van der Waals surface area contributed by atoms with Crippen LogP contribution in [0.5, 0.6) is 5.75 Å². The maximum Gasteiger partial charge on any atom is 0.336 e. The minimum absolute atomic E-state index is 0.227. The highest BCUT2D eigenvalue weighted by atomic mass is 16.4. The summed E-state index contributed by atoms with van der Waals surface area (Å²) in [5, 5.41) is 11.9. The molecule has 2 aromatic carbocycles. The van der Waals surface area contributed by atoms with Crippen LogP contribution in [0.2, 0.25) is 0 Å². The molecular formula is C28H34N2O3. The number of piperidine rings is 2. The van der Waals surface area contributed by atoms with E-state index in [0.717, 1.165) is 28.6 Å². The van der Waals surface area contributed by atoms with E-state index < -0.39 is 5.63 Å². The van der Waals surface area contributed by atoms with Crippen LogP contribution in [0.25, 0.3) is 22.1 Å². The topological polar surface area (TPSA) is 56.9 Å². The molecule has 0 bridgehead atoms. The van der Waals surface area contributed by atoms with Gasteiger partial charge in [-0.05, 0) is 75.9 Å². The van der Waals surface area contributed by atoms with E-state index in [1.165, 1.54) is 45.2 Å². The molecule has 2 atom stereocenters. The Kier molecular flexibility index (Phi) is 6.26. The highest BCUT2D eigenvalue weighted by molar-refractivity contribution is 5.96. The van der Waals surface area contributed by atoms with E-state index in [0.29, 0.717) is 29.7 Å². The monoisotopic (exact) mass is 446 g/mol. The number of benzene rings is 2. The molecule has 0 aliphatic carbocycles. The van der Waals surface area contributed by atoms with Crippen molar-refractivity contribution < 1.29 is 9.52 Å². The molecule has 3 aromatic rings. The SMILES string of the molecule is Cc1c(O)c(CN(C)C[C@@H]2CCCN3CCCC[C@H]23)cc2c(-c3ccccc3)cc(=O)oc12. The van der Waals surface area contributed by atoms with Crippen LogP contribution in [-0.4, -0.2) is 47.6 Å². The predicted octanol–water partition coefficient (Wildman–Crippen LogP) is 5.17. The van der Waals surface area contributed by atoms with Gasteiger partial charge in [0.1, 0.15) is 11.3 Å². The van der Waals surface area contributed by atoms with Crippen molar-refractivity contribution in [1.29, 1.82) is 0 Å². The number of nitrogens with zero attached hydrogens (tertiary/aromatic N) is 2. The number of rotatable bonds is 5. The van der Waals surface area contributed by atoms with Crippen molar-refractivity contribution in [2.45, 2.75) is 51.6 Å². The third-order valence-corrected chi connectivity index (χ3v) is 7.62. The molecule has 0 amide bonds. The fraction of sp³-hybridized carbons (Fsp3) is 0.464. The van der Waals surface area contributed by atoms with Crippen LogP contribution in [0.1, 0.15) is 43.2 Å². The zero-order chi connectivity index (χ0) is 22.9. The fourth-order valence-corrected chi connectivity index (χ4v) is 6.04. The third kappa shape index (κ3) is 4.44. The molecule has 2 aliphatic heterocycles. The number of aromatic hydroxyl groups is 1. The summed E-state index contributed by atoms with van der Waals surface area (Å²) < 4.78 is 5.54. The molecule has 1 aromatic heterocycles. The van der Waals surface area contributed by atoms with Gasteiger partial charge in [-0.1, -0.05) is 36.8 Å². The first-order valence-electron chi connectivity index (χ1n) is 12.3. The number of phenolic OH excluding ortho intramolecular Hbond substituents is 1. The molecular weight excluding hydrogens is 412 g/mol. The van der Waals surface area contributed by atoms with Gasteiger partial charge < -0.3 is 19.3 Å². The van der Waals surface area contributed by atoms with Crippen molar-refractivity contribution in [1.82, 2.24) is 9.80 Å². The molecule has 5 nitrogen and oxygen atoms in total.